The van der Waals surface area contributed by atoms with Gasteiger partial charge in [-0.2, -0.15) is 0 Å². The first-order valence-corrected chi connectivity index (χ1v) is 6.64. The standard InChI is InChI=1S/C7H10Cl2N3O3P/c1-3(2)4-5(8)10-7(11-6(4)9)12-16(13,14)15/h3H,1-2H3,(H3,10,11,12,13,14,15). The highest BCUT2D eigenvalue weighted by molar-refractivity contribution is 7.53. The predicted molar refractivity (Wildman–Crippen MR) is 61.8 cm³/mol. The van der Waals surface area contributed by atoms with Gasteiger partial charge in [-0.05, 0) is 5.92 Å². The van der Waals surface area contributed by atoms with Gasteiger partial charge in [-0.3, -0.25) is 5.09 Å². The van der Waals surface area contributed by atoms with Crippen molar-refractivity contribution < 1.29 is 14.4 Å². The second kappa shape index (κ2) is 4.85. The monoisotopic (exact) mass is 285 g/mol. The lowest BCUT2D eigenvalue weighted by molar-refractivity contribution is 0.380. The average Bonchev–Trinajstić information content (AvgIpc) is 1.96. The number of anilines is 1. The van der Waals surface area contributed by atoms with Crippen molar-refractivity contribution in [2.75, 3.05) is 5.09 Å². The van der Waals surface area contributed by atoms with Gasteiger partial charge in [0, 0.05) is 5.56 Å². The number of aromatic nitrogens is 2. The number of halogens is 2. The first-order valence-electron chi connectivity index (χ1n) is 4.27. The van der Waals surface area contributed by atoms with Gasteiger partial charge in [0.2, 0.25) is 5.95 Å². The van der Waals surface area contributed by atoms with Crippen LogP contribution in [0.15, 0.2) is 0 Å². The Bertz CT molecular complexity index is 425. The Morgan fingerprint density at radius 3 is 2.00 bits per heavy atom. The maximum absolute atomic E-state index is 10.7. The summed E-state index contributed by atoms with van der Waals surface area (Å²) in [5.41, 5.74) is 0.541. The summed E-state index contributed by atoms with van der Waals surface area (Å²) >= 11 is 11.7. The van der Waals surface area contributed by atoms with E-state index in [2.05, 4.69) is 9.97 Å². The first kappa shape index (κ1) is 13.7. The van der Waals surface area contributed by atoms with Crippen LogP contribution >= 0.6 is 30.9 Å². The summed E-state index contributed by atoms with van der Waals surface area (Å²) in [5.74, 6) is -0.281. The van der Waals surface area contributed by atoms with Crippen molar-refractivity contribution in [3.63, 3.8) is 0 Å². The molecule has 16 heavy (non-hydrogen) atoms. The van der Waals surface area contributed by atoms with Gasteiger partial charge in [-0.25, -0.2) is 14.5 Å². The summed E-state index contributed by atoms with van der Waals surface area (Å²) < 4.78 is 10.7. The van der Waals surface area contributed by atoms with Crippen molar-refractivity contribution >= 4 is 36.9 Å². The molecule has 90 valence electrons. The Morgan fingerprint density at radius 2 is 1.69 bits per heavy atom. The summed E-state index contributed by atoms with van der Waals surface area (Å²) in [7, 11) is -4.46. The first-order chi connectivity index (χ1) is 7.20. The van der Waals surface area contributed by atoms with E-state index in [1.54, 1.807) is 5.09 Å². The Balaban J connectivity index is 3.15. The third-order valence-electron chi connectivity index (χ3n) is 1.68. The van der Waals surface area contributed by atoms with E-state index < -0.39 is 7.75 Å². The molecular weight excluding hydrogens is 276 g/mol. The molecule has 0 bridgehead atoms. The molecule has 0 saturated heterocycles. The molecule has 0 saturated carbocycles. The Morgan fingerprint density at radius 1 is 1.25 bits per heavy atom. The molecule has 1 aromatic heterocycles. The fraction of sp³-hybridized carbons (Fsp3) is 0.429. The van der Waals surface area contributed by atoms with Gasteiger partial charge in [0.1, 0.15) is 10.3 Å². The predicted octanol–water partition coefficient (Wildman–Crippen LogP) is 2.41. The number of hydrogen-bond acceptors (Lipinski definition) is 3. The normalized spacial score (nSPS) is 11.9. The highest BCUT2D eigenvalue weighted by Crippen LogP contribution is 2.36. The topological polar surface area (TPSA) is 95.3 Å². The van der Waals surface area contributed by atoms with Gasteiger partial charge in [-0.1, -0.05) is 37.0 Å². The molecule has 9 heteroatoms. The molecule has 1 aromatic rings. The van der Waals surface area contributed by atoms with Gasteiger partial charge in [0.15, 0.2) is 0 Å². The largest absolute Gasteiger partial charge is 0.429 e. The van der Waals surface area contributed by atoms with Crippen molar-refractivity contribution in [3.8, 4) is 0 Å². The summed E-state index contributed by atoms with van der Waals surface area (Å²) in [4.78, 5) is 24.7. The Kier molecular flexibility index (Phi) is 4.15. The molecule has 0 unspecified atom stereocenters. The summed E-state index contributed by atoms with van der Waals surface area (Å²) in [6, 6.07) is 0. The van der Waals surface area contributed by atoms with Crippen molar-refractivity contribution in [3.05, 3.63) is 15.9 Å². The van der Waals surface area contributed by atoms with Gasteiger partial charge < -0.3 is 9.79 Å². The molecule has 6 nitrogen and oxygen atoms in total. The fourth-order valence-electron chi connectivity index (χ4n) is 1.07. The van der Waals surface area contributed by atoms with E-state index in [-0.39, 0.29) is 22.2 Å². The quantitative estimate of drug-likeness (QED) is 0.583. The second-order valence-corrected chi connectivity index (χ2v) is 5.38. The molecule has 0 aliphatic carbocycles. The van der Waals surface area contributed by atoms with Crippen LogP contribution in [0.5, 0.6) is 0 Å². The highest BCUT2D eigenvalue weighted by Gasteiger charge is 2.19. The number of nitrogens with zero attached hydrogens (tertiary/aromatic N) is 2. The summed E-state index contributed by atoms with van der Waals surface area (Å²) in [5, 5.41) is 1.95. The Labute approximate surface area is 102 Å². The van der Waals surface area contributed by atoms with Crippen molar-refractivity contribution in [1.29, 1.82) is 0 Å². The van der Waals surface area contributed by atoms with E-state index in [1.807, 2.05) is 13.8 Å². The van der Waals surface area contributed by atoms with Gasteiger partial charge in [0.25, 0.3) is 0 Å². The number of rotatable bonds is 3. The molecule has 0 aliphatic heterocycles. The minimum absolute atomic E-state index is 0.0177. The number of hydrogen-bond donors (Lipinski definition) is 3. The zero-order chi connectivity index (χ0) is 12.5. The molecule has 0 spiro atoms. The molecule has 0 radical (unpaired) electrons. The maximum atomic E-state index is 10.7. The molecule has 0 atom stereocenters. The van der Waals surface area contributed by atoms with Crippen LogP contribution in [0.25, 0.3) is 0 Å². The minimum atomic E-state index is -4.46. The van der Waals surface area contributed by atoms with Crippen LogP contribution < -0.4 is 5.09 Å². The molecule has 0 amide bonds. The van der Waals surface area contributed by atoms with E-state index >= 15 is 0 Å². The van der Waals surface area contributed by atoms with Crippen molar-refractivity contribution in [2.24, 2.45) is 0 Å². The van der Waals surface area contributed by atoms with Gasteiger partial charge in [0.05, 0.1) is 0 Å². The zero-order valence-corrected chi connectivity index (χ0v) is 10.9. The smallest absolute Gasteiger partial charge is 0.308 e. The zero-order valence-electron chi connectivity index (χ0n) is 8.48. The van der Waals surface area contributed by atoms with Crippen LogP contribution in [0.3, 0.4) is 0 Å². The van der Waals surface area contributed by atoms with Crippen LogP contribution in [-0.2, 0) is 4.57 Å². The molecular formula is C7H10Cl2N3O3P. The van der Waals surface area contributed by atoms with E-state index in [0.717, 1.165) is 0 Å². The van der Waals surface area contributed by atoms with Gasteiger partial charge >= 0.3 is 7.75 Å². The molecule has 3 N–H and O–H groups in total. The molecule has 0 fully saturated rings. The molecule has 1 heterocycles. The van der Waals surface area contributed by atoms with Crippen LogP contribution in [0, 0.1) is 0 Å². The van der Waals surface area contributed by atoms with Crippen LogP contribution in [0.4, 0.5) is 5.95 Å². The van der Waals surface area contributed by atoms with E-state index in [1.165, 1.54) is 0 Å². The lowest BCUT2D eigenvalue weighted by Gasteiger charge is -2.12. The van der Waals surface area contributed by atoms with Crippen LogP contribution in [-0.4, -0.2) is 19.8 Å². The SMILES string of the molecule is CC(C)c1c(Cl)nc(NP(=O)(O)O)nc1Cl. The average molecular weight is 286 g/mol. The van der Waals surface area contributed by atoms with Crippen molar-refractivity contribution in [1.82, 2.24) is 9.97 Å². The Hall–Kier alpha value is -0.390. The lowest BCUT2D eigenvalue weighted by Crippen LogP contribution is -2.04. The molecule has 0 aliphatic rings. The minimum Gasteiger partial charge on any atom is -0.308 e. The van der Waals surface area contributed by atoms with E-state index in [9.17, 15) is 4.57 Å². The molecule has 1 rings (SSSR count). The fourth-order valence-corrected chi connectivity index (χ4v) is 2.26. The second-order valence-electron chi connectivity index (χ2n) is 3.35. The van der Waals surface area contributed by atoms with E-state index in [0.29, 0.717) is 5.56 Å². The van der Waals surface area contributed by atoms with E-state index in [4.69, 9.17) is 33.0 Å². The number of nitrogens with one attached hydrogen (secondary N) is 1. The third kappa shape index (κ3) is 3.57. The highest BCUT2D eigenvalue weighted by atomic mass is 35.5. The van der Waals surface area contributed by atoms with Gasteiger partial charge in [-0.15, -0.1) is 0 Å². The maximum Gasteiger partial charge on any atom is 0.429 e. The lowest BCUT2D eigenvalue weighted by atomic mass is 10.1. The van der Waals surface area contributed by atoms with Crippen molar-refractivity contribution in [2.45, 2.75) is 19.8 Å². The summed E-state index contributed by atoms with van der Waals surface area (Å²) in [6.07, 6.45) is 0. The molecule has 0 aromatic carbocycles. The third-order valence-corrected chi connectivity index (χ3v) is 2.74. The van der Waals surface area contributed by atoms with Crippen LogP contribution in [0.1, 0.15) is 25.3 Å². The summed E-state index contributed by atoms with van der Waals surface area (Å²) in [6.45, 7) is 3.71. The van der Waals surface area contributed by atoms with Crippen LogP contribution in [0.2, 0.25) is 10.3 Å².